The maximum atomic E-state index is 12.7. The van der Waals surface area contributed by atoms with E-state index < -0.39 is 0 Å². The van der Waals surface area contributed by atoms with Crippen LogP contribution in [0.5, 0.6) is 0 Å². The number of carbonyl (C=O) groups is 1. The van der Waals surface area contributed by atoms with E-state index in [4.69, 9.17) is 0 Å². The molecule has 1 amide bonds. The van der Waals surface area contributed by atoms with Crippen LogP contribution < -0.4 is 10.2 Å². The molecule has 5 heteroatoms. The molecule has 0 radical (unpaired) electrons. The van der Waals surface area contributed by atoms with Crippen molar-refractivity contribution < 1.29 is 9.90 Å². The fraction of sp³-hybridized carbons (Fsp3) is 0.588. The molecule has 1 aliphatic heterocycles. The fourth-order valence-corrected chi connectivity index (χ4v) is 3.51. The number of anilines is 1. The van der Waals surface area contributed by atoms with Crippen molar-refractivity contribution in [3.8, 4) is 0 Å². The molecule has 0 spiro atoms. The number of aryl methyl sites for hydroxylation is 1. The van der Waals surface area contributed by atoms with Crippen LogP contribution in [0.4, 0.5) is 5.69 Å². The molecule has 1 aromatic carbocycles. The van der Waals surface area contributed by atoms with Crippen molar-refractivity contribution in [2.75, 3.05) is 30.9 Å². The fourth-order valence-electron chi connectivity index (χ4n) is 2.88. The number of rotatable bonds is 6. The molecule has 2 N–H and O–H groups in total. The third-order valence-corrected chi connectivity index (χ3v) is 5.41. The van der Waals surface area contributed by atoms with Crippen molar-refractivity contribution in [3.63, 3.8) is 0 Å². The Morgan fingerprint density at radius 2 is 2.09 bits per heavy atom. The molecule has 1 aromatic rings. The molecule has 122 valence electrons. The van der Waals surface area contributed by atoms with Crippen LogP contribution in [0.15, 0.2) is 18.2 Å². The van der Waals surface area contributed by atoms with Crippen LogP contribution in [0.3, 0.4) is 0 Å². The molecule has 2 atom stereocenters. The topological polar surface area (TPSA) is 52.6 Å². The van der Waals surface area contributed by atoms with Gasteiger partial charge < -0.3 is 15.3 Å². The Balaban J connectivity index is 2.19. The number of aliphatic hydroxyl groups excluding tert-OH is 1. The molecule has 22 heavy (non-hydrogen) atoms. The van der Waals surface area contributed by atoms with Gasteiger partial charge in [0.2, 0.25) is 0 Å². The summed E-state index contributed by atoms with van der Waals surface area (Å²) in [5, 5.41) is 12.4. The zero-order chi connectivity index (χ0) is 16.1. The van der Waals surface area contributed by atoms with E-state index in [0.717, 1.165) is 29.9 Å². The van der Waals surface area contributed by atoms with E-state index in [1.54, 1.807) is 11.8 Å². The number of nitrogens with one attached hydrogen (secondary N) is 1. The first-order chi connectivity index (χ1) is 10.6. The lowest BCUT2D eigenvalue weighted by Crippen LogP contribution is -2.41. The van der Waals surface area contributed by atoms with Gasteiger partial charge in [0, 0.05) is 30.1 Å². The minimum absolute atomic E-state index is 0.0176. The quantitative estimate of drug-likeness (QED) is 0.845. The van der Waals surface area contributed by atoms with Crippen molar-refractivity contribution >= 4 is 23.4 Å². The average Bonchev–Trinajstić information content (AvgIpc) is 3.02. The molecule has 1 heterocycles. The van der Waals surface area contributed by atoms with Crippen molar-refractivity contribution in [1.29, 1.82) is 0 Å². The standard InChI is InChI=1S/C17H26N2O2S/c1-12-6-7-15(19-8-4-5-9-19)14(10-12)17(21)18-13(2)16(11-20)22-3/h6-7,10,13,16,20H,4-5,8-9,11H2,1-3H3,(H,18,21). The van der Waals surface area contributed by atoms with Gasteiger partial charge in [-0.3, -0.25) is 4.79 Å². The smallest absolute Gasteiger partial charge is 0.253 e. The predicted molar refractivity (Wildman–Crippen MR) is 93.9 cm³/mol. The third-order valence-electron chi connectivity index (χ3n) is 4.24. The SMILES string of the molecule is CSC(CO)C(C)NC(=O)c1cc(C)ccc1N1CCCC1. The number of nitrogens with zero attached hydrogens (tertiary/aromatic N) is 1. The zero-order valence-corrected chi connectivity index (χ0v) is 14.4. The monoisotopic (exact) mass is 322 g/mol. The second kappa shape index (κ2) is 7.88. The van der Waals surface area contributed by atoms with E-state index in [0.29, 0.717) is 0 Å². The van der Waals surface area contributed by atoms with Gasteiger partial charge in [-0.25, -0.2) is 0 Å². The number of aliphatic hydroxyl groups is 1. The van der Waals surface area contributed by atoms with Gasteiger partial charge in [-0.15, -0.1) is 0 Å². The Hall–Kier alpha value is -1.20. The number of hydrogen-bond donors (Lipinski definition) is 2. The van der Waals surface area contributed by atoms with Crippen LogP contribution in [0.25, 0.3) is 0 Å². The molecule has 0 saturated carbocycles. The minimum atomic E-state index is -0.0700. The molecule has 1 saturated heterocycles. The summed E-state index contributed by atoms with van der Waals surface area (Å²) >= 11 is 1.57. The van der Waals surface area contributed by atoms with Crippen molar-refractivity contribution in [1.82, 2.24) is 5.32 Å². The second-order valence-electron chi connectivity index (χ2n) is 5.93. The lowest BCUT2D eigenvalue weighted by Gasteiger charge is -2.24. The number of carbonyl (C=O) groups excluding carboxylic acids is 1. The number of thioether (sulfide) groups is 1. The highest BCUT2D eigenvalue weighted by molar-refractivity contribution is 7.99. The molecule has 0 aliphatic carbocycles. The molecule has 2 unspecified atom stereocenters. The van der Waals surface area contributed by atoms with Crippen molar-refractivity contribution in [2.45, 2.75) is 38.0 Å². The number of amides is 1. The molecule has 0 bridgehead atoms. The molecule has 1 fully saturated rings. The summed E-state index contributed by atoms with van der Waals surface area (Å²) in [4.78, 5) is 15.0. The van der Waals surface area contributed by atoms with E-state index in [1.807, 2.05) is 26.2 Å². The highest BCUT2D eigenvalue weighted by Gasteiger charge is 2.23. The summed E-state index contributed by atoms with van der Waals surface area (Å²) in [6.45, 7) is 6.05. The van der Waals surface area contributed by atoms with Gasteiger partial charge in [-0.1, -0.05) is 11.6 Å². The van der Waals surface area contributed by atoms with Gasteiger partial charge in [0.25, 0.3) is 5.91 Å². The van der Waals surface area contributed by atoms with Crippen LogP contribution in [0, 0.1) is 6.92 Å². The van der Waals surface area contributed by atoms with Gasteiger partial charge in [0.1, 0.15) is 0 Å². The molecular formula is C17H26N2O2S. The van der Waals surface area contributed by atoms with E-state index >= 15 is 0 Å². The summed E-state index contributed by atoms with van der Waals surface area (Å²) in [7, 11) is 0. The highest BCUT2D eigenvalue weighted by Crippen LogP contribution is 2.26. The zero-order valence-electron chi connectivity index (χ0n) is 13.6. The third kappa shape index (κ3) is 3.96. The summed E-state index contributed by atoms with van der Waals surface area (Å²) in [5.74, 6) is -0.0504. The molecular weight excluding hydrogens is 296 g/mol. The average molecular weight is 322 g/mol. The van der Waals surface area contributed by atoms with Crippen LogP contribution in [-0.2, 0) is 0 Å². The first kappa shape index (κ1) is 17.2. The predicted octanol–water partition coefficient (Wildman–Crippen LogP) is 2.44. The Labute approximate surface area is 137 Å². The van der Waals surface area contributed by atoms with Crippen LogP contribution in [-0.4, -0.2) is 48.3 Å². The van der Waals surface area contributed by atoms with Crippen molar-refractivity contribution in [3.05, 3.63) is 29.3 Å². The first-order valence-corrected chi connectivity index (χ1v) is 9.15. The van der Waals surface area contributed by atoms with Gasteiger partial charge >= 0.3 is 0 Å². The maximum absolute atomic E-state index is 12.7. The molecule has 2 rings (SSSR count). The van der Waals surface area contributed by atoms with E-state index in [-0.39, 0.29) is 23.8 Å². The number of benzene rings is 1. The summed E-state index contributed by atoms with van der Waals surface area (Å²) in [5.41, 5.74) is 2.85. The Bertz CT molecular complexity index is 511. The molecule has 0 aromatic heterocycles. The second-order valence-corrected chi connectivity index (χ2v) is 7.01. The van der Waals surface area contributed by atoms with Crippen LogP contribution >= 0.6 is 11.8 Å². The van der Waals surface area contributed by atoms with Gasteiger partial charge in [-0.2, -0.15) is 11.8 Å². The van der Waals surface area contributed by atoms with Gasteiger partial charge in [-0.05, 0) is 45.1 Å². The van der Waals surface area contributed by atoms with E-state index in [9.17, 15) is 9.90 Å². The highest BCUT2D eigenvalue weighted by atomic mass is 32.2. The first-order valence-electron chi connectivity index (χ1n) is 7.87. The van der Waals surface area contributed by atoms with E-state index in [2.05, 4.69) is 22.3 Å². The number of hydrogen-bond acceptors (Lipinski definition) is 4. The maximum Gasteiger partial charge on any atom is 0.253 e. The van der Waals surface area contributed by atoms with Crippen LogP contribution in [0.2, 0.25) is 0 Å². The minimum Gasteiger partial charge on any atom is -0.395 e. The Morgan fingerprint density at radius 1 is 1.41 bits per heavy atom. The van der Waals surface area contributed by atoms with Gasteiger partial charge in [0.15, 0.2) is 0 Å². The Morgan fingerprint density at radius 3 is 2.68 bits per heavy atom. The normalized spacial score (nSPS) is 17.4. The van der Waals surface area contributed by atoms with E-state index in [1.165, 1.54) is 12.8 Å². The molecule has 4 nitrogen and oxygen atoms in total. The largest absolute Gasteiger partial charge is 0.395 e. The Kier molecular flexibility index (Phi) is 6.15. The van der Waals surface area contributed by atoms with Crippen molar-refractivity contribution in [2.24, 2.45) is 0 Å². The summed E-state index contributed by atoms with van der Waals surface area (Å²) in [6.07, 6.45) is 4.32. The lowest BCUT2D eigenvalue weighted by atomic mass is 10.1. The summed E-state index contributed by atoms with van der Waals surface area (Å²) in [6, 6.07) is 6.01. The molecule has 1 aliphatic rings. The van der Waals surface area contributed by atoms with Crippen LogP contribution in [0.1, 0.15) is 35.7 Å². The summed E-state index contributed by atoms with van der Waals surface area (Å²) < 4.78 is 0. The lowest BCUT2D eigenvalue weighted by molar-refractivity contribution is 0.0936. The van der Waals surface area contributed by atoms with Gasteiger partial charge in [0.05, 0.1) is 12.2 Å².